The Morgan fingerprint density at radius 1 is 1.03 bits per heavy atom. The zero-order valence-corrected chi connectivity index (χ0v) is 17.1. The average Bonchev–Trinajstić information content (AvgIpc) is 2.75. The molecule has 7 heteroatoms. The minimum atomic E-state index is -0.733. The number of fused-ring (bicyclic) bond motifs is 1. The fourth-order valence-corrected chi connectivity index (χ4v) is 3.93. The lowest BCUT2D eigenvalue weighted by molar-refractivity contribution is 0.0842. The minimum absolute atomic E-state index is 0.00127. The van der Waals surface area contributed by atoms with Crippen LogP contribution in [-0.2, 0) is 12.8 Å². The van der Waals surface area contributed by atoms with Crippen molar-refractivity contribution in [3.63, 3.8) is 0 Å². The highest BCUT2D eigenvalue weighted by Gasteiger charge is 2.34. The van der Waals surface area contributed by atoms with Crippen LogP contribution in [0.5, 0.6) is 23.0 Å². The zero-order chi connectivity index (χ0) is 22.3. The molecule has 0 spiro atoms. The van der Waals surface area contributed by atoms with Gasteiger partial charge in [-0.3, -0.25) is 4.79 Å². The Kier molecular flexibility index (Phi) is 5.19. The van der Waals surface area contributed by atoms with Crippen LogP contribution < -0.4 is 10.4 Å². The maximum Gasteiger partial charge on any atom is 0.343 e. The second-order valence-electron chi connectivity index (χ2n) is 7.54. The number of aryl methyl sites for hydroxylation is 1. The van der Waals surface area contributed by atoms with E-state index < -0.39 is 17.5 Å². The minimum Gasteiger partial charge on any atom is -0.507 e. The van der Waals surface area contributed by atoms with E-state index in [1.54, 1.807) is 13.8 Å². The molecule has 1 aliphatic rings. The van der Waals surface area contributed by atoms with E-state index in [0.717, 1.165) is 11.6 Å². The second kappa shape index (κ2) is 7.83. The first-order valence-electron chi connectivity index (χ1n) is 9.98. The number of ketones is 1. The van der Waals surface area contributed by atoms with Crippen molar-refractivity contribution >= 4 is 5.78 Å². The van der Waals surface area contributed by atoms with E-state index in [0.29, 0.717) is 17.7 Å². The lowest BCUT2D eigenvalue weighted by Crippen LogP contribution is -2.22. The quantitative estimate of drug-likeness (QED) is 0.583. The van der Waals surface area contributed by atoms with Gasteiger partial charge in [-0.05, 0) is 12.5 Å². The fourth-order valence-electron chi connectivity index (χ4n) is 3.93. The molecule has 3 aromatic rings. The summed E-state index contributed by atoms with van der Waals surface area (Å²) in [5.74, 6) is -0.952. The number of aromatic hydroxyl groups is 3. The van der Waals surface area contributed by atoms with Crippen LogP contribution in [0.4, 0.5) is 0 Å². The number of ether oxygens (including phenoxy) is 1. The molecule has 0 radical (unpaired) electrons. The van der Waals surface area contributed by atoms with Crippen LogP contribution >= 0.6 is 0 Å². The number of hydrogen-bond donors (Lipinski definition) is 3. The lowest BCUT2D eigenvalue weighted by Gasteiger charge is -2.28. The van der Waals surface area contributed by atoms with Gasteiger partial charge in [0.2, 0.25) is 0 Å². The van der Waals surface area contributed by atoms with Gasteiger partial charge in [-0.2, -0.15) is 0 Å². The Morgan fingerprint density at radius 3 is 2.42 bits per heavy atom. The molecule has 0 aliphatic carbocycles. The van der Waals surface area contributed by atoms with Crippen molar-refractivity contribution in [2.75, 3.05) is 0 Å². The number of carbonyl (C=O) groups is 1. The molecule has 0 fully saturated rings. The smallest absolute Gasteiger partial charge is 0.343 e. The molecule has 4 rings (SSSR count). The van der Waals surface area contributed by atoms with Gasteiger partial charge in [-0.15, -0.1) is 0 Å². The SMILES string of the molecule is CCc1oc(=O)c(Cc2c(O)cc(O)c3c2OC(c2ccccc2)CC3=O)c(O)c1C. The molecule has 7 nitrogen and oxygen atoms in total. The van der Waals surface area contributed by atoms with E-state index in [1.807, 2.05) is 30.3 Å². The van der Waals surface area contributed by atoms with Crippen molar-refractivity contribution in [3.8, 4) is 23.0 Å². The molecule has 160 valence electrons. The van der Waals surface area contributed by atoms with Gasteiger partial charge in [0.05, 0.1) is 12.0 Å². The molecule has 2 heterocycles. The van der Waals surface area contributed by atoms with Gasteiger partial charge in [-0.25, -0.2) is 4.79 Å². The number of rotatable bonds is 4. The standard InChI is InChI=1S/C24H22O7/c1-3-19-12(2)22(28)15(24(29)31-19)9-14-16(25)10-17(26)21-18(27)11-20(30-23(14)21)13-7-5-4-6-8-13/h4-8,10,20,25-26,28H,3,9,11H2,1-2H3. The predicted octanol–water partition coefficient (Wildman–Crippen LogP) is 3.92. The summed E-state index contributed by atoms with van der Waals surface area (Å²) in [4.78, 5) is 25.3. The third-order valence-corrected chi connectivity index (χ3v) is 5.62. The molecule has 1 atom stereocenters. The summed E-state index contributed by atoms with van der Waals surface area (Å²) in [6.07, 6.45) is -0.393. The normalized spacial score (nSPS) is 15.4. The second-order valence-corrected chi connectivity index (χ2v) is 7.54. The average molecular weight is 422 g/mol. The molecule has 0 amide bonds. The van der Waals surface area contributed by atoms with Crippen LogP contribution in [0.15, 0.2) is 45.6 Å². The Labute approximate surface area is 178 Å². The molecule has 0 saturated heterocycles. The van der Waals surface area contributed by atoms with Crippen LogP contribution in [0.25, 0.3) is 0 Å². The summed E-state index contributed by atoms with van der Waals surface area (Å²) in [5, 5.41) is 31.4. The number of carbonyl (C=O) groups excluding carboxylic acids is 1. The van der Waals surface area contributed by atoms with Crippen LogP contribution in [0, 0.1) is 6.92 Å². The molecule has 0 saturated carbocycles. The first-order valence-corrected chi connectivity index (χ1v) is 9.98. The van der Waals surface area contributed by atoms with Gasteiger partial charge >= 0.3 is 5.63 Å². The predicted molar refractivity (Wildman–Crippen MR) is 112 cm³/mol. The Hall–Kier alpha value is -3.74. The van der Waals surface area contributed by atoms with E-state index >= 15 is 0 Å². The molecular formula is C24H22O7. The maximum absolute atomic E-state index is 12.8. The van der Waals surface area contributed by atoms with E-state index in [-0.39, 0.29) is 52.6 Å². The summed E-state index contributed by atoms with van der Waals surface area (Å²) in [6, 6.07) is 10.2. The molecule has 2 aromatic carbocycles. The maximum atomic E-state index is 12.8. The Bertz CT molecular complexity index is 1230. The summed E-state index contributed by atoms with van der Waals surface area (Å²) < 4.78 is 11.4. The van der Waals surface area contributed by atoms with Crippen LogP contribution in [0.3, 0.4) is 0 Å². The Balaban J connectivity index is 1.85. The molecule has 1 aromatic heterocycles. The van der Waals surface area contributed by atoms with Crippen molar-refractivity contribution in [2.24, 2.45) is 0 Å². The van der Waals surface area contributed by atoms with Gasteiger partial charge in [0, 0.05) is 30.0 Å². The number of hydrogen-bond acceptors (Lipinski definition) is 7. The molecule has 31 heavy (non-hydrogen) atoms. The molecule has 1 aliphatic heterocycles. The first-order chi connectivity index (χ1) is 14.8. The van der Waals surface area contributed by atoms with Crippen molar-refractivity contribution in [1.82, 2.24) is 0 Å². The number of phenolic OH excluding ortho intramolecular Hbond substituents is 2. The van der Waals surface area contributed by atoms with E-state index in [1.165, 1.54) is 0 Å². The van der Waals surface area contributed by atoms with Crippen molar-refractivity contribution in [1.29, 1.82) is 0 Å². The summed E-state index contributed by atoms with van der Waals surface area (Å²) in [6.45, 7) is 3.44. The third-order valence-electron chi connectivity index (χ3n) is 5.62. The topological polar surface area (TPSA) is 117 Å². The summed E-state index contributed by atoms with van der Waals surface area (Å²) >= 11 is 0. The monoisotopic (exact) mass is 422 g/mol. The summed E-state index contributed by atoms with van der Waals surface area (Å²) in [7, 11) is 0. The fraction of sp³-hybridized carbons (Fsp3) is 0.250. The lowest BCUT2D eigenvalue weighted by atomic mass is 9.91. The first kappa shape index (κ1) is 20.5. The van der Waals surface area contributed by atoms with E-state index in [4.69, 9.17) is 9.15 Å². The molecule has 0 bridgehead atoms. The van der Waals surface area contributed by atoms with Gasteiger partial charge in [-0.1, -0.05) is 37.3 Å². The molecule has 3 N–H and O–H groups in total. The van der Waals surface area contributed by atoms with Crippen molar-refractivity contribution in [3.05, 3.63) is 80.4 Å². The molecular weight excluding hydrogens is 400 g/mol. The van der Waals surface area contributed by atoms with Crippen LogP contribution in [-0.4, -0.2) is 21.1 Å². The van der Waals surface area contributed by atoms with Crippen molar-refractivity contribution in [2.45, 2.75) is 39.2 Å². The van der Waals surface area contributed by atoms with Gasteiger partial charge in [0.25, 0.3) is 0 Å². The highest BCUT2D eigenvalue weighted by molar-refractivity contribution is 6.03. The van der Waals surface area contributed by atoms with Gasteiger partial charge < -0.3 is 24.5 Å². The van der Waals surface area contributed by atoms with Gasteiger partial charge in [0.1, 0.15) is 40.4 Å². The van der Waals surface area contributed by atoms with E-state index in [2.05, 4.69) is 0 Å². The van der Waals surface area contributed by atoms with Gasteiger partial charge in [0.15, 0.2) is 5.78 Å². The van der Waals surface area contributed by atoms with Crippen LogP contribution in [0.2, 0.25) is 0 Å². The third kappa shape index (κ3) is 3.52. The number of benzene rings is 2. The largest absolute Gasteiger partial charge is 0.507 e. The number of phenols is 2. The highest BCUT2D eigenvalue weighted by atomic mass is 16.5. The van der Waals surface area contributed by atoms with E-state index in [9.17, 15) is 24.9 Å². The van der Waals surface area contributed by atoms with Crippen molar-refractivity contribution < 1.29 is 29.3 Å². The zero-order valence-electron chi connectivity index (χ0n) is 17.1. The molecule has 1 unspecified atom stereocenters. The highest BCUT2D eigenvalue weighted by Crippen LogP contribution is 2.46. The summed E-state index contributed by atoms with van der Waals surface area (Å²) in [5.41, 5.74) is 0.474. The van der Waals surface area contributed by atoms with Crippen LogP contribution in [0.1, 0.15) is 57.8 Å². The Morgan fingerprint density at radius 2 is 1.74 bits per heavy atom. The number of Topliss-reactive ketones (excluding diaryl/α,β-unsaturated/α-hetero) is 1.